The van der Waals surface area contributed by atoms with Crippen LogP contribution in [-0.2, 0) is 27.4 Å². The maximum absolute atomic E-state index is 10.1. The molecular weight excluding hydrogens is 320 g/mol. The Morgan fingerprint density at radius 3 is 2.12 bits per heavy atom. The van der Waals surface area contributed by atoms with E-state index in [1.807, 2.05) is 60.7 Å². The zero-order valence-corrected chi connectivity index (χ0v) is 14.0. The van der Waals surface area contributed by atoms with Crippen molar-refractivity contribution in [2.24, 2.45) is 0 Å². The molecule has 4 atom stereocenters. The Balaban J connectivity index is 1.48. The van der Waals surface area contributed by atoms with Gasteiger partial charge in [-0.2, -0.15) is 0 Å². The minimum Gasteiger partial charge on any atom is -0.385 e. The van der Waals surface area contributed by atoms with Crippen LogP contribution in [0, 0.1) is 0 Å². The lowest BCUT2D eigenvalue weighted by Crippen LogP contribution is -2.50. The van der Waals surface area contributed by atoms with Gasteiger partial charge in [0.25, 0.3) is 0 Å². The number of aliphatic hydroxyl groups excluding tert-OH is 2. The van der Waals surface area contributed by atoms with Gasteiger partial charge in [0.05, 0.1) is 32.0 Å². The summed E-state index contributed by atoms with van der Waals surface area (Å²) in [5.74, 6) is 0. The number of hydrogen-bond donors (Lipinski definition) is 2. The average Bonchev–Trinajstić information content (AvgIpc) is 2.65. The molecule has 1 fully saturated rings. The van der Waals surface area contributed by atoms with Gasteiger partial charge in [-0.25, -0.2) is 0 Å². The zero-order chi connectivity index (χ0) is 17.5. The lowest BCUT2D eigenvalue weighted by atomic mass is 10.0. The molecule has 0 aliphatic carbocycles. The van der Waals surface area contributed by atoms with Gasteiger partial charge in [-0.3, -0.25) is 0 Å². The fraction of sp³-hybridized carbons (Fsp3) is 0.400. The van der Waals surface area contributed by atoms with E-state index in [4.69, 9.17) is 14.2 Å². The smallest absolute Gasteiger partial charge is 0.183 e. The predicted octanol–water partition coefficient (Wildman–Crippen LogP) is 2.26. The number of benzene rings is 2. The van der Waals surface area contributed by atoms with E-state index in [0.717, 1.165) is 11.1 Å². The third-order valence-corrected chi connectivity index (χ3v) is 4.22. The quantitative estimate of drug-likeness (QED) is 0.806. The summed E-state index contributed by atoms with van der Waals surface area (Å²) in [5.41, 5.74) is 2.10. The average molecular weight is 344 g/mol. The van der Waals surface area contributed by atoms with Crippen LogP contribution in [0.4, 0.5) is 0 Å². The highest BCUT2D eigenvalue weighted by atomic mass is 16.6. The molecule has 0 aromatic heterocycles. The normalized spacial score (nSPS) is 26.5. The monoisotopic (exact) mass is 344 g/mol. The molecule has 0 bridgehead atoms. The van der Waals surface area contributed by atoms with Crippen molar-refractivity contribution in [1.29, 1.82) is 0 Å². The van der Waals surface area contributed by atoms with Crippen molar-refractivity contribution in [1.82, 2.24) is 0 Å². The molecule has 0 amide bonds. The fourth-order valence-corrected chi connectivity index (χ4v) is 2.85. The SMILES string of the molecule is O[C@@H]1[C@@H](O)O[C@H](COCc2ccccc2)C[C@H]1OCc1ccccc1. The van der Waals surface area contributed by atoms with Gasteiger partial charge < -0.3 is 24.4 Å². The highest BCUT2D eigenvalue weighted by Gasteiger charge is 2.37. The van der Waals surface area contributed by atoms with Crippen molar-refractivity contribution >= 4 is 0 Å². The molecular formula is C20H24O5. The van der Waals surface area contributed by atoms with Crippen LogP contribution in [-0.4, -0.2) is 41.4 Å². The van der Waals surface area contributed by atoms with Gasteiger partial charge in [0.15, 0.2) is 6.29 Å². The van der Waals surface area contributed by atoms with Crippen LogP contribution in [0.5, 0.6) is 0 Å². The topological polar surface area (TPSA) is 68.2 Å². The Morgan fingerprint density at radius 1 is 0.880 bits per heavy atom. The molecule has 5 nitrogen and oxygen atoms in total. The molecule has 25 heavy (non-hydrogen) atoms. The molecule has 2 N–H and O–H groups in total. The summed E-state index contributed by atoms with van der Waals surface area (Å²) < 4.78 is 16.9. The van der Waals surface area contributed by atoms with Crippen LogP contribution in [0.25, 0.3) is 0 Å². The zero-order valence-electron chi connectivity index (χ0n) is 14.0. The van der Waals surface area contributed by atoms with E-state index >= 15 is 0 Å². The van der Waals surface area contributed by atoms with Gasteiger partial charge in [0.1, 0.15) is 6.10 Å². The van der Waals surface area contributed by atoms with E-state index in [-0.39, 0.29) is 6.10 Å². The molecule has 3 rings (SSSR count). The van der Waals surface area contributed by atoms with Gasteiger partial charge in [0, 0.05) is 6.42 Å². The third-order valence-electron chi connectivity index (χ3n) is 4.22. The fourth-order valence-electron chi connectivity index (χ4n) is 2.85. The predicted molar refractivity (Wildman–Crippen MR) is 92.6 cm³/mol. The number of ether oxygens (including phenoxy) is 3. The van der Waals surface area contributed by atoms with E-state index in [0.29, 0.717) is 26.2 Å². The number of rotatable bonds is 7. The second kappa shape index (κ2) is 9.08. The van der Waals surface area contributed by atoms with E-state index in [9.17, 15) is 10.2 Å². The molecule has 1 heterocycles. The molecule has 0 spiro atoms. The number of aliphatic hydroxyl groups is 2. The summed E-state index contributed by atoms with van der Waals surface area (Å²) in [7, 11) is 0. The van der Waals surface area contributed by atoms with E-state index in [1.54, 1.807) is 0 Å². The third kappa shape index (κ3) is 5.36. The first-order valence-corrected chi connectivity index (χ1v) is 8.51. The Hall–Kier alpha value is -1.76. The van der Waals surface area contributed by atoms with Crippen LogP contribution in [0.2, 0.25) is 0 Å². The Bertz CT molecular complexity index is 618. The van der Waals surface area contributed by atoms with Crippen molar-refractivity contribution in [2.45, 2.75) is 44.2 Å². The lowest BCUT2D eigenvalue weighted by molar-refractivity contribution is -0.263. The molecule has 0 saturated carbocycles. The molecule has 2 aromatic rings. The molecule has 0 radical (unpaired) electrons. The Morgan fingerprint density at radius 2 is 1.48 bits per heavy atom. The van der Waals surface area contributed by atoms with Crippen LogP contribution < -0.4 is 0 Å². The second-order valence-electron chi connectivity index (χ2n) is 6.21. The van der Waals surface area contributed by atoms with Gasteiger partial charge in [0.2, 0.25) is 0 Å². The van der Waals surface area contributed by atoms with Crippen LogP contribution in [0.3, 0.4) is 0 Å². The summed E-state index contributed by atoms with van der Waals surface area (Å²) in [6.07, 6.45) is -2.66. The minimum absolute atomic E-state index is 0.317. The van der Waals surface area contributed by atoms with Gasteiger partial charge in [-0.05, 0) is 11.1 Å². The number of hydrogen-bond acceptors (Lipinski definition) is 5. The minimum atomic E-state index is -1.26. The van der Waals surface area contributed by atoms with Crippen LogP contribution in [0.1, 0.15) is 17.5 Å². The van der Waals surface area contributed by atoms with Gasteiger partial charge in [-0.1, -0.05) is 60.7 Å². The first-order chi connectivity index (χ1) is 12.2. The summed E-state index contributed by atoms with van der Waals surface area (Å²) in [4.78, 5) is 0. The Kier molecular flexibility index (Phi) is 6.55. The van der Waals surface area contributed by atoms with Gasteiger partial charge >= 0.3 is 0 Å². The highest BCUT2D eigenvalue weighted by molar-refractivity contribution is 5.14. The summed E-state index contributed by atoms with van der Waals surface area (Å²) in [6, 6.07) is 19.6. The first kappa shape index (κ1) is 18.0. The molecule has 0 unspecified atom stereocenters. The van der Waals surface area contributed by atoms with Crippen molar-refractivity contribution in [2.75, 3.05) is 6.61 Å². The lowest BCUT2D eigenvalue weighted by Gasteiger charge is -2.36. The second-order valence-corrected chi connectivity index (χ2v) is 6.21. The highest BCUT2D eigenvalue weighted by Crippen LogP contribution is 2.23. The van der Waals surface area contributed by atoms with Crippen LogP contribution in [0.15, 0.2) is 60.7 Å². The van der Waals surface area contributed by atoms with E-state index < -0.39 is 18.5 Å². The largest absolute Gasteiger partial charge is 0.385 e. The van der Waals surface area contributed by atoms with E-state index in [1.165, 1.54) is 0 Å². The molecule has 1 aliphatic heterocycles. The van der Waals surface area contributed by atoms with Crippen LogP contribution >= 0.6 is 0 Å². The van der Waals surface area contributed by atoms with Crippen molar-refractivity contribution in [3.05, 3.63) is 71.8 Å². The molecule has 2 aromatic carbocycles. The molecule has 1 saturated heterocycles. The maximum atomic E-state index is 10.1. The van der Waals surface area contributed by atoms with Gasteiger partial charge in [-0.15, -0.1) is 0 Å². The van der Waals surface area contributed by atoms with E-state index in [2.05, 4.69) is 0 Å². The van der Waals surface area contributed by atoms with Crippen molar-refractivity contribution in [3.8, 4) is 0 Å². The molecule has 134 valence electrons. The molecule has 5 heteroatoms. The maximum Gasteiger partial charge on any atom is 0.183 e. The van der Waals surface area contributed by atoms with Crippen molar-refractivity contribution < 1.29 is 24.4 Å². The Labute approximate surface area is 147 Å². The first-order valence-electron chi connectivity index (χ1n) is 8.51. The van der Waals surface area contributed by atoms with Crippen molar-refractivity contribution in [3.63, 3.8) is 0 Å². The summed E-state index contributed by atoms with van der Waals surface area (Å²) in [5, 5.41) is 20.0. The summed E-state index contributed by atoms with van der Waals surface area (Å²) >= 11 is 0. The summed E-state index contributed by atoms with van der Waals surface area (Å²) in [6.45, 7) is 1.20. The standard InChI is InChI=1S/C20H24O5/c21-19-18(24-13-16-9-5-2-6-10-16)11-17(25-20(19)22)14-23-12-15-7-3-1-4-8-15/h1-10,17-22H,11-14H2/t17-,18+,19-,20-/m0/s1. The molecule has 1 aliphatic rings.